The van der Waals surface area contributed by atoms with Crippen LogP contribution in [-0.2, 0) is 7.05 Å². The lowest BCUT2D eigenvalue weighted by Gasteiger charge is -2.16. The Kier molecular flexibility index (Phi) is 3.79. The van der Waals surface area contributed by atoms with Gasteiger partial charge in [-0.3, -0.25) is 14.3 Å². The van der Waals surface area contributed by atoms with Crippen molar-refractivity contribution in [2.24, 2.45) is 12.2 Å². The molecule has 0 aliphatic rings. The van der Waals surface area contributed by atoms with Crippen LogP contribution >= 0.6 is 0 Å². The number of nitroso groups, excluding NO2 is 1. The predicted molar refractivity (Wildman–Crippen MR) is 76.2 cm³/mol. The summed E-state index contributed by atoms with van der Waals surface area (Å²) >= 11 is 0. The van der Waals surface area contributed by atoms with Crippen molar-refractivity contribution in [1.29, 1.82) is 0 Å². The minimum absolute atomic E-state index is 0.0319. The van der Waals surface area contributed by atoms with Crippen LogP contribution in [0.4, 0.5) is 11.5 Å². The fraction of sp³-hybridized carbons (Fsp3) is 0.231. The van der Waals surface area contributed by atoms with E-state index in [1.54, 1.807) is 0 Å². The normalized spacial score (nSPS) is 11.9. The lowest BCUT2D eigenvalue weighted by Crippen LogP contribution is -2.33. The Bertz CT molecular complexity index is 734. The molecule has 104 valence electrons. The molecule has 2 N–H and O–H groups in total. The second kappa shape index (κ2) is 5.52. The number of benzene rings is 1. The molecule has 20 heavy (non-hydrogen) atoms. The van der Waals surface area contributed by atoms with Gasteiger partial charge in [0.1, 0.15) is 5.82 Å². The van der Waals surface area contributed by atoms with Gasteiger partial charge in [0.05, 0.1) is 0 Å². The lowest BCUT2D eigenvalue weighted by atomic mass is 10.1. The standard InChI is InChI=1S/C13H14N4O3/c1-8(9-6-4-3-5-7-9)14-11-10(16-20)12(18)17(2)13(19)15-11/h3-8,14H,1-2H3,(H,15,19)/t8-/m1/s1. The van der Waals surface area contributed by atoms with Gasteiger partial charge in [0.25, 0.3) is 5.56 Å². The van der Waals surface area contributed by atoms with E-state index in [-0.39, 0.29) is 17.5 Å². The van der Waals surface area contributed by atoms with Crippen molar-refractivity contribution in [3.63, 3.8) is 0 Å². The van der Waals surface area contributed by atoms with Crippen LogP contribution in [0.5, 0.6) is 0 Å². The van der Waals surface area contributed by atoms with Crippen LogP contribution in [-0.4, -0.2) is 9.55 Å². The molecule has 2 aromatic rings. The van der Waals surface area contributed by atoms with Crippen molar-refractivity contribution >= 4 is 11.5 Å². The van der Waals surface area contributed by atoms with Crippen molar-refractivity contribution < 1.29 is 0 Å². The monoisotopic (exact) mass is 274 g/mol. The number of nitrogens with one attached hydrogen (secondary N) is 2. The zero-order valence-corrected chi connectivity index (χ0v) is 11.1. The Morgan fingerprint density at radius 1 is 1.25 bits per heavy atom. The van der Waals surface area contributed by atoms with Crippen LogP contribution in [0.15, 0.2) is 45.1 Å². The Balaban J connectivity index is 2.42. The Hall–Kier alpha value is -2.70. The summed E-state index contributed by atoms with van der Waals surface area (Å²) in [6.07, 6.45) is 0. The predicted octanol–water partition coefficient (Wildman–Crippen LogP) is 1.64. The van der Waals surface area contributed by atoms with Gasteiger partial charge in [-0.2, -0.15) is 0 Å². The first-order valence-electron chi connectivity index (χ1n) is 6.02. The van der Waals surface area contributed by atoms with Gasteiger partial charge in [0.15, 0.2) is 0 Å². The van der Waals surface area contributed by atoms with Crippen LogP contribution in [0.1, 0.15) is 18.5 Å². The quantitative estimate of drug-likeness (QED) is 0.828. The van der Waals surface area contributed by atoms with Crippen molar-refractivity contribution in [2.75, 3.05) is 5.32 Å². The summed E-state index contributed by atoms with van der Waals surface area (Å²) in [5, 5.41) is 5.63. The summed E-state index contributed by atoms with van der Waals surface area (Å²) in [5.74, 6) is 0.0319. The van der Waals surface area contributed by atoms with Gasteiger partial charge in [-0.05, 0) is 17.7 Å². The molecule has 0 aliphatic heterocycles. The van der Waals surface area contributed by atoms with E-state index < -0.39 is 11.2 Å². The second-order valence-electron chi connectivity index (χ2n) is 4.39. The van der Waals surface area contributed by atoms with Crippen molar-refractivity contribution in [1.82, 2.24) is 9.55 Å². The Morgan fingerprint density at radius 3 is 2.50 bits per heavy atom. The van der Waals surface area contributed by atoms with Gasteiger partial charge >= 0.3 is 5.69 Å². The SMILES string of the molecule is C[C@@H](Nc1[nH]c(=O)n(C)c(=O)c1N=O)c1ccccc1. The number of aromatic amines is 1. The molecule has 2 rings (SSSR count). The highest BCUT2D eigenvalue weighted by atomic mass is 16.3. The van der Waals surface area contributed by atoms with E-state index >= 15 is 0 Å². The van der Waals surface area contributed by atoms with Gasteiger partial charge in [-0.15, -0.1) is 4.91 Å². The topological polar surface area (TPSA) is 96.3 Å². The summed E-state index contributed by atoms with van der Waals surface area (Å²) in [5.41, 5.74) is -0.725. The summed E-state index contributed by atoms with van der Waals surface area (Å²) < 4.78 is 0.801. The molecule has 7 nitrogen and oxygen atoms in total. The molecule has 0 saturated heterocycles. The summed E-state index contributed by atoms with van der Waals surface area (Å²) in [6, 6.07) is 9.22. The van der Waals surface area contributed by atoms with E-state index in [1.165, 1.54) is 7.05 Å². The maximum Gasteiger partial charge on any atom is 0.329 e. The van der Waals surface area contributed by atoms with Crippen molar-refractivity contribution in [3.8, 4) is 0 Å². The third-order valence-electron chi connectivity index (χ3n) is 3.03. The van der Waals surface area contributed by atoms with Crippen LogP contribution in [0.25, 0.3) is 0 Å². The zero-order valence-electron chi connectivity index (χ0n) is 11.1. The number of nitrogens with zero attached hydrogens (tertiary/aromatic N) is 2. The molecule has 1 heterocycles. The number of hydrogen-bond donors (Lipinski definition) is 2. The summed E-state index contributed by atoms with van der Waals surface area (Å²) in [7, 11) is 1.28. The molecule has 1 aromatic carbocycles. The van der Waals surface area contributed by atoms with Crippen LogP contribution < -0.4 is 16.6 Å². The molecule has 0 aliphatic carbocycles. The molecule has 0 fully saturated rings. The third kappa shape index (κ3) is 2.51. The summed E-state index contributed by atoms with van der Waals surface area (Å²) in [6.45, 7) is 1.85. The third-order valence-corrected chi connectivity index (χ3v) is 3.03. The maximum absolute atomic E-state index is 11.8. The first kappa shape index (κ1) is 13.7. The Morgan fingerprint density at radius 2 is 1.90 bits per heavy atom. The maximum atomic E-state index is 11.8. The number of aromatic nitrogens is 2. The van der Waals surface area contributed by atoms with Gasteiger partial charge < -0.3 is 5.32 Å². The second-order valence-corrected chi connectivity index (χ2v) is 4.39. The van der Waals surface area contributed by atoms with E-state index in [0.717, 1.165) is 10.1 Å². The number of anilines is 1. The molecular formula is C13H14N4O3. The first-order chi connectivity index (χ1) is 9.54. The molecule has 0 bridgehead atoms. The van der Waals surface area contributed by atoms with Gasteiger partial charge in [0, 0.05) is 13.1 Å². The molecule has 0 saturated carbocycles. The lowest BCUT2D eigenvalue weighted by molar-refractivity contribution is 0.768. The average Bonchev–Trinajstić information content (AvgIpc) is 2.46. The number of rotatable bonds is 4. The van der Waals surface area contributed by atoms with Gasteiger partial charge in [-0.25, -0.2) is 4.79 Å². The van der Waals surface area contributed by atoms with Crippen LogP contribution in [0.3, 0.4) is 0 Å². The van der Waals surface area contributed by atoms with Crippen LogP contribution in [0.2, 0.25) is 0 Å². The van der Waals surface area contributed by atoms with Crippen molar-refractivity contribution in [2.45, 2.75) is 13.0 Å². The molecule has 1 aromatic heterocycles. The fourth-order valence-electron chi connectivity index (χ4n) is 1.84. The molecule has 1 atom stereocenters. The molecular weight excluding hydrogens is 260 g/mol. The van der Waals surface area contributed by atoms with Crippen molar-refractivity contribution in [3.05, 3.63) is 61.6 Å². The first-order valence-corrected chi connectivity index (χ1v) is 6.02. The molecule has 7 heteroatoms. The molecule has 0 amide bonds. The summed E-state index contributed by atoms with van der Waals surface area (Å²) in [4.78, 5) is 36.6. The average molecular weight is 274 g/mol. The van der Waals surface area contributed by atoms with E-state index in [9.17, 15) is 14.5 Å². The minimum Gasteiger partial charge on any atom is -0.363 e. The van der Waals surface area contributed by atoms with E-state index in [0.29, 0.717) is 0 Å². The highest BCUT2D eigenvalue weighted by Gasteiger charge is 2.15. The highest BCUT2D eigenvalue weighted by molar-refractivity contribution is 5.59. The molecule has 0 spiro atoms. The molecule has 0 radical (unpaired) electrons. The minimum atomic E-state index is -0.730. The largest absolute Gasteiger partial charge is 0.363 e. The smallest absolute Gasteiger partial charge is 0.329 e. The van der Waals surface area contributed by atoms with E-state index in [4.69, 9.17) is 0 Å². The Labute approximate surface area is 114 Å². The zero-order chi connectivity index (χ0) is 14.7. The van der Waals surface area contributed by atoms with Gasteiger partial charge in [0.2, 0.25) is 5.69 Å². The number of hydrogen-bond acceptors (Lipinski definition) is 5. The van der Waals surface area contributed by atoms with Gasteiger partial charge in [-0.1, -0.05) is 30.3 Å². The van der Waals surface area contributed by atoms with Crippen LogP contribution in [0, 0.1) is 4.91 Å². The number of H-pyrrole nitrogens is 1. The van der Waals surface area contributed by atoms with E-state index in [2.05, 4.69) is 15.5 Å². The van der Waals surface area contributed by atoms with E-state index in [1.807, 2.05) is 37.3 Å². The fourth-order valence-corrected chi connectivity index (χ4v) is 1.84. The molecule has 0 unspecified atom stereocenters. The highest BCUT2D eigenvalue weighted by Crippen LogP contribution is 2.22.